The Bertz CT molecular complexity index is 509. The van der Waals surface area contributed by atoms with Crippen molar-refractivity contribution in [3.05, 3.63) is 34.2 Å². The summed E-state index contributed by atoms with van der Waals surface area (Å²) in [5.74, 6) is -0.651. The minimum absolute atomic E-state index is 0.0352. The fourth-order valence-corrected chi connectivity index (χ4v) is 1.29. The van der Waals surface area contributed by atoms with E-state index in [1.165, 1.54) is 6.92 Å². The molecule has 1 unspecified atom stereocenters. The van der Waals surface area contributed by atoms with Gasteiger partial charge in [0.1, 0.15) is 6.54 Å². The number of amides is 1. The Morgan fingerprint density at radius 3 is 2.63 bits per heavy atom. The predicted molar refractivity (Wildman–Crippen MR) is 60.4 cm³/mol. The number of aromatic nitrogens is 1. The first-order chi connectivity index (χ1) is 8.70. The summed E-state index contributed by atoms with van der Waals surface area (Å²) in [6, 6.07) is 1.41. The van der Waals surface area contributed by atoms with E-state index in [1.807, 2.05) is 0 Å². The molecule has 1 atom stereocenters. The van der Waals surface area contributed by atoms with Gasteiger partial charge in [-0.15, -0.1) is 0 Å². The molecule has 1 heterocycles. The molecule has 0 aromatic carbocycles. The second kappa shape index (κ2) is 5.87. The van der Waals surface area contributed by atoms with Crippen LogP contribution in [0.25, 0.3) is 0 Å². The summed E-state index contributed by atoms with van der Waals surface area (Å²) in [6.07, 6.45) is -4.77. The van der Waals surface area contributed by atoms with Gasteiger partial charge in [0.05, 0.1) is 11.7 Å². The molecule has 0 spiro atoms. The van der Waals surface area contributed by atoms with E-state index in [2.05, 4.69) is 5.32 Å². The average Bonchev–Trinajstić information content (AvgIpc) is 2.28. The van der Waals surface area contributed by atoms with Crippen molar-refractivity contribution in [3.8, 4) is 0 Å². The van der Waals surface area contributed by atoms with Crippen molar-refractivity contribution in [1.82, 2.24) is 9.88 Å². The van der Waals surface area contributed by atoms with Gasteiger partial charge in [0, 0.05) is 18.8 Å². The molecule has 0 radical (unpaired) electrons. The second-order valence-corrected chi connectivity index (χ2v) is 4.03. The molecule has 5 nitrogen and oxygen atoms in total. The molecule has 0 saturated carbocycles. The van der Waals surface area contributed by atoms with Crippen LogP contribution in [0.1, 0.15) is 12.5 Å². The normalized spacial score (nSPS) is 13.1. The van der Waals surface area contributed by atoms with Crippen molar-refractivity contribution >= 4 is 5.91 Å². The summed E-state index contributed by atoms with van der Waals surface area (Å²) < 4.78 is 38.0. The van der Waals surface area contributed by atoms with Gasteiger partial charge in [0.2, 0.25) is 5.91 Å². The molecule has 19 heavy (non-hydrogen) atoms. The molecule has 1 rings (SSSR count). The van der Waals surface area contributed by atoms with Crippen molar-refractivity contribution in [1.29, 1.82) is 0 Å². The number of pyridine rings is 1. The lowest BCUT2D eigenvalue weighted by molar-refractivity contribution is -0.138. The average molecular weight is 278 g/mol. The van der Waals surface area contributed by atoms with Gasteiger partial charge >= 0.3 is 6.18 Å². The molecule has 0 aliphatic heterocycles. The lowest BCUT2D eigenvalue weighted by atomic mass is 10.2. The van der Waals surface area contributed by atoms with Gasteiger partial charge in [0.15, 0.2) is 0 Å². The van der Waals surface area contributed by atoms with Gasteiger partial charge in [-0.3, -0.25) is 9.59 Å². The number of carbonyl (C=O) groups is 1. The maximum absolute atomic E-state index is 12.4. The molecule has 1 aromatic heterocycles. The maximum Gasteiger partial charge on any atom is 0.417 e. The lowest BCUT2D eigenvalue weighted by Gasteiger charge is -2.11. The quantitative estimate of drug-likeness (QED) is 0.835. The van der Waals surface area contributed by atoms with Gasteiger partial charge in [-0.1, -0.05) is 0 Å². The van der Waals surface area contributed by atoms with E-state index in [0.717, 1.165) is 6.07 Å². The summed E-state index contributed by atoms with van der Waals surface area (Å²) in [6.45, 7) is 0.874. The number of carbonyl (C=O) groups excluding carboxylic acids is 1. The first-order valence-corrected chi connectivity index (χ1v) is 5.42. The van der Waals surface area contributed by atoms with Crippen LogP contribution < -0.4 is 10.9 Å². The molecule has 106 valence electrons. The zero-order chi connectivity index (χ0) is 14.6. The zero-order valence-corrected chi connectivity index (χ0v) is 10.1. The highest BCUT2D eigenvalue weighted by Crippen LogP contribution is 2.27. The highest BCUT2D eigenvalue weighted by molar-refractivity contribution is 5.75. The minimum atomic E-state index is -4.58. The molecule has 1 aromatic rings. The summed E-state index contributed by atoms with van der Waals surface area (Å²) in [7, 11) is 0. The van der Waals surface area contributed by atoms with Crippen LogP contribution in [0.2, 0.25) is 0 Å². The van der Waals surface area contributed by atoms with Crippen LogP contribution in [0.5, 0.6) is 0 Å². The van der Waals surface area contributed by atoms with E-state index < -0.39 is 35.9 Å². The predicted octanol–water partition coefficient (Wildman–Crippen LogP) is 0.364. The van der Waals surface area contributed by atoms with Crippen LogP contribution in [0, 0.1) is 0 Å². The van der Waals surface area contributed by atoms with Crippen molar-refractivity contribution in [3.63, 3.8) is 0 Å². The Hall–Kier alpha value is -1.83. The number of nitrogens with zero attached hydrogens (tertiary/aromatic N) is 1. The number of nitrogens with one attached hydrogen (secondary N) is 1. The summed E-state index contributed by atoms with van der Waals surface area (Å²) in [4.78, 5) is 22.7. The van der Waals surface area contributed by atoms with E-state index in [1.54, 1.807) is 0 Å². The van der Waals surface area contributed by atoms with Gasteiger partial charge in [-0.25, -0.2) is 0 Å². The third-order valence-electron chi connectivity index (χ3n) is 2.22. The Kier molecular flexibility index (Phi) is 4.71. The van der Waals surface area contributed by atoms with E-state index in [0.29, 0.717) is 16.8 Å². The Labute approximate surface area is 106 Å². The fourth-order valence-electron chi connectivity index (χ4n) is 1.29. The topological polar surface area (TPSA) is 71.3 Å². The molecule has 8 heteroatoms. The highest BCUT2D eigenvalue weighted by atomic mass is 19.4. The van der Waals surface area contributed by atoms with Crippen molar-refractivity contribution in [2.75, 3.05) is 6.54 Å². The van der Waals surface area contributed by atoms with Crippen LogP contribution in [0.4, 0.5) is 13.2 Å². The number of halogens is 3. The smallest absolute Gasteiger partial charge is 0.392 e. The van der Waals surface area contributed by atoms with Gasteiger partial charge in [-0.2, -0.15) is 13.2 Å². The van der Waals surface area contributed by atoms with Crippen molar-refractivity contribution in [2.24, 2.45) is 0 Å². The van der Waals surface area contributed by atoms with Crippen LogP contribution in [-0.2, 0) is 17.5 Å². The Morgan fingerprint density at radius 1 is 1.47 bits per heavy atom. The van der Waals surface area contributed by atoms with E-state index in [9.17, 15) is 22.8 Å². The third-order valence-corrected chi connectivity index (χ3v) is 2.22. The Balaban J connectivity index is 2.83. The maximum atomic E-state index is 12.4. The molecular weight excluding hydrogens is 265 g/mol. The second-order valence-electron chi connectivity index (χ2n) is 4.03. The number of aliphatic hydroxyl groups is 1. The van der Waals surface area contributed by atoms with Crippen molar-refractivity contribution in [2.45, 2.75) is 25.7 Å². The SMILES string of the molecule is CC(O)CNC(=O)Cn1cc(C(F)(F)F)ccc1=O. The Morgan fingerprint density at radius 2 is 2.11 bits per heavy atom. The number of alkyl halides is 3. The first kappa shape index (κ1) is 15.2. The molecule has 0 saturated heterocycles. The van der Waals surface area contributed by atoms with Crippen molar-refractivity contribution < 1.29 is 23.1 Å². The first-order valence-electron chi connectivity index (χ1n) is 5.42. The van der Waals surface area contributed by atoms with Gasteiger partial charge in [0.25, 0.3) is 5.56 Å². The largest absolute Gasteiger partial charge is 0.417 e. The molecular formula is C11H13F3N2O3. The monoisotopic (exact) mass is 278 g/mol. The van der Waals surface area contributed by atoms with Gasteiger partial charge < -0.3 is 15.0 Å². The van der Waals surface area contributed by atoms with E-state index in [4.69, 9.17) is 5.11 Å². The van der Waals surface area contributed by atoms with Gasteiger partial charge in [-0.05, 0) is 13.0 Å². The third kappa shape index (κ3) is 4.74. The van der Waals surface area contributed by atoms with Crippen LogP contribution in [-0.4, -0.2) is 28.2 Å². The summed E-state index contributed by atoms with van der Waals surface area (Å²) in [5, 5.41) is 11.2. The zero-order valence-electron chi connectivity index (χ0n) is 10.1. The molecule has 2 N–H and O–H groups in total. The van der Waals surface area contributed by atoms with Crippen LogP contribution >= 0.6 is 0 Å². The molecule has 0 fully saturated rings. The minimum Gasteiger partial charge on any atom is -0.392 e. The number of rotatable bonds is 4. The van der Waals surface area contributed by atoms with Crippen LogP contribution in [0.15, 0.2) is 23.1 Å². The fraction of sp³-hybridized carbons (Fsp3) is 0.455. The lowest BCUT2D eigenvalue weighted by Crippen LogP contribution is -2.35. The van der Waals surface area contributed by atoms with E-state index >= 15 is 0 Å². The molecule has 1 amide bonds. The number of aliphatic hydroxyl groups excluding tert-OH is 1. The standard InChI is InChI=1S/C11H13F3N2O3/c1-7(17)4-15-9(18)6-16-5-8(11(12,13)14)2-3-10(16)19/h2-3,5,7,17H,4,6H2,1H3,(H,15,18). The molecule has 0 bridgehead atoms. The highest BCUT2D eigenvalue weighted by Gasteiger charge is 2.31. The number of hydrogen-bond donors (Lipinski definition) is 2. The summed E-state index contributed by atoms with van der Waals surface area (Å²) >= 11 is 0. The summed E-state index contributed by atoms with van der Waals surface area (Å²) in [5.41, 5.74) is -1.71. The molecule has 0 aliphatic rings. The molecule has 0 aliphatic carbocycles. The van der Waals surface area contributed by atoms with Crippen LogP contribution in [0.3, 0.4) is 0 Å². The number of hydrogen-bond acceptors (Lipinski definition) is 3. The van der Waals surface area contributed by atoms with E-state index in [-0.39, 0.29) is 6.54 Å².